The highest BCUT2D eigenvalue weighted by atomic mass is 19.2. The van der Waals surface area contributed by atoms with E-state index >= 15 is 0 Å². The van der Waals surface area contributed by atoms with Crippen LogP contribution in [0, 0.1) is 11.6 Å². The highest BCUT2D eigenvalue weighted by Gasteiger charge is 2.22. The van der Waals surface area contributed by atoms with Crippen LogP contribution in [0.3, 0.4) is 0 Å². The predicted octanol–water partition coefficient (Wildman–Crippen LogP) is 1.89. The largest absolute Gasteiger partial charge is 0.415 e. The fourth-order valence-electron chi connectivity index (χ4n) is 1.88. The smallest absolute Gasteiger partial charge is 0.410 e. The van der Waals surface area contributed by atoms with E-state index in [1.807, 2.05) is 0 Å². The Labute approximate surface area is 103 Å². The van der Waals surface area contributed by atoms with Crippen molar-refractivity contribution >= 4 is 6.09 Å². The van der Waals surface area contributed by atoms with E-state index in [1.54, 1.807) is 0 Å². The normalized spacial score (nSPS) is 19.7. The van der Waals surface area contributed by atoms with Gasteiger partial charge in [0.2, 0.25) is 0 Å². The first-order valence-corrected chi connectivity index (χ1v) is 5.73. The predicted molar refractivity (Wildman–Crippen MR) is 61.2 cm³/mol. The van der Waals surface area contributed by atoms with E-state index in [1.165, 1.54) is 11.0 Å². The van der Waals surface area contributed by atoms with E-state index in [-0.39, 0.29) is 11.8 Å². The molecule has 0 spiro atoms. The second-order valence-corrected chi connectivity index (χ2v) is 4.29. The van der Waals surface area contributed by atoms with Crippen molar-refractivity contribution in [3.05, 3.63) is 29.8 Å². The third-order valence-corrected chi connectivity index (χ3v) is 2.81. The summed E-state index contributed by atoms with van der Waals surface area (Å²) >= 11 is 0. The molecule has 2 rings (SSSR count). The van der Waals surface area contributed by atoms with Crippen molar-refractivity contribution in [2.75, 3.05) is 13.1 Å². The van der Waals surface area contributed by atoms with Crippen molar-refractivity contribution in [1.29, 1.82) is 0 Å². The molecule has 1 heterocycles. The molecular formula is C12H14F2N2O2. The van der Waals surface area contributed by atoms with Crippen LogP contribution in [0.25, 0.3) is 0 Å². The summed E-state index contributed by atoms with van der Waals surface area (Å²) in [5.41, 5.74) is 5.74. The Bertz CT molecular complexity index is 454. The van der Waals surface area contributed by atoms with Crippen LogP contribution in [0.5, 0.6) is 5.75 Å². The van der Waals surface area contributed by atoms with Gasteiger partial charge in [0, 0.05) is 25.2 Å². The van der Waals surface area contributed by atoms with Gasteiger partial charge >= 0.3 is 6.09 Å². The number of rotatable bonds is 1. The van der Waals surface area contributed by atoms with Crippen molar-refractivity contribution in [2.45, 2.75) is 18.9 Å². The van der Waals surface area contributed by atoms with E-state index in [0.29, 0.717) is 13.1 Å². The third kappa shape index (κ3) is 2.95. The van der Waals surface area contributed by atoms with Crippen LogP contribution in [0.2, 0.25) is 0 Å². The number of carbonyl (C=O) groups excluding carboxylic acids is 1. The van der Waals surface area contributed by atoms with E-state index in [0.717, 1.165) is 25.0 Å². The summed E-state index contributed by atoms with van der Waals surface area (Å²) in [5.74, 6) is -2.04. The van der Waals surface area contributed by atoms with Crippen molar-refractivity contribution < 1.29 is 18.3 Å². The lowest BCUT2D eigenvalue weighted by atomic mass is 10.1. The fourth-order valence-corrected chi connectivity index (χ4v) is 1.88. The molecule has 1 saturated heterocycles. The van der Waals surface area contributed by atoms with E-state index < -0.39 is 17.7 Å². The summed E-state index contributed by atoms with van der Waals surface area (Å²) in [7, 11) is 0. The average molecular weight is 256 g/mol. The average Bonchev–Trinajstić information content (AvgIpc) is 2.34. The monoisotopic (exact) mass is 256 g/mol. The van der Waals surface area contributed by atoms with Crippen LogP contribution in [0.15, 0.2) is 18.2 Å². The Hall–Kier alpha value is -1.69. The van der Waals surface area contributed by atoms with Gasteiger partial charge in [-0.3, -0.25) is 0 Å². The van der Waals surface area contributed by atoms with E-state index in [4.69, 9.17) is 10.5 Å². The fraction of sp³-hybridized carbons (Fsp3) is 0.417. The van der Waals surface area contributed by atoms with Gasteiger partial charge in [0.05, 0.1) is 0 Å². The third-order valence-electron chi connectivity index (χ3n) is 2.81. The molecule has 1 aromatic carbocycles. The first-order chi connectivity index (χ1) is 8.56. The molecule has 0 saturated carbocycles. The van der Waals surface area contributed by atoms with Gasteiger partial charge in [-0.2, -0.15) is 0 Å². The minimum Gasteiger partial charge on any atom is -0.410 e. The second-order valence-electron chi connectivity index (χ2n) is 4.29. The zero-order chi connectivity index (χ0) is 13.1. The molecule has 4 nitrogen and oxygen atoms in total. The molecule has 1 fully saturated rings. The summed E-state index contributed by atoms with van der Waals surface area (Å²) in [6, 6.07) is 2.91. The van der Waals surface area contributed by atoms with Gasteiger partial charge < -0.3 is 15.4 Å². The Balaban J connectivity index is 2.00. The van der Waals surface area contributed by atoms with Gasteiger partial charge in [0.25, 0.3) is 0 Å². The molecule has 6 heteroatoms. The Morgan fingerprint density at radius 3 is 2.83 bits per heavy atom. The quantitative estimate of drug-likeness (QED) is 0.834. The molecule has 1 unspecified atom stereocenters. The van der Waals surface area contributed by atoms with Crippen molar-refractivity contribution in [1.82, 2.24) is 4.90 Å². The first kappa shape index (κ1) is 12.8. The number of nitrogens with two attached hydrogens (primary N) is 1. The number of carbonyl (C=O) groups is 1. The number of piperidine rings is 1. The molecule has 1 atom stereocenters. The minimum absolute atomic E-state index is 0.0157. The SMILES string of the molecule is NC1CCCN(C(=O)Oc2ccc(F)c(F)c2)C1. The zero-order valence-corrected chi connectivity index (χ0v) is 9.73. The molecule has 1 aliphatic rings. The molecule has 0 bridgehead atoms. The highest BCUT2D eigenvalue weighted by molar-refractivity contribution is 5.70. The molecule has 18 heavy (non-hydrogen) atoms. The summed E-state index contributed by atoms with van der Waals surface area (Å²) < 4.78 is 30.6. The van der Waals surface area contributed by atoms with Crippen LogP contribution in [-0.2, 0) is 0 Å². The highest BCUT2D eigenvalue weighted by Crippen LogP contribution is 2.17. The number of hydrogen-bond acceptors (Lipinski definition) is 3. The van der Waals surface area contributed by atoms with Gasteiger partial charge in [-0.15, -0.1) is 0 Å². The topological polar surface area (TPSA) is 55.6 Å². The molecule has 0 aromatic heterocycles. The van der Waals surface area contributed by atoms with Gasteiger partial charge in [-0.25, -0.2) is 13.6 Å². The maximum Gasteiger partial charge on any atom is 0.415 e. The van der Waals surface area contributed by atoms with Crippen LogP contribution >= 0.6 is 0 Å². The van der Waals surface area contributed by atoms with Gasteiger partial charge in [0.1, 0.15) is 5.75 Å². The Morgan fingerprint density at radius 1 is 1.39 bits per heavy atom. The lowest BCUT2D eigenvalue weighted by Crippen LogP contribution is -2.46. The molecular weight excluding hydrogens is 242 g/mol. The molecule has 1 aromatic rings. The maximum atomic E-state index is 12.9. The summed E-state index contributed by atoms with van der Waals surface area (Å²) in [6.45, 7) is 0.985. The van der Waals surface area contributed by atoms with E-state index in [9.17, 15) is 13.6 Å². The molecule has 1 amide bonds. The van der Waals surface area contributed by atoms with Gasteiger partial charge in [-0.05, 0) is 25.0 Å². The number of nitrogens with zero attached hydrogens (tertiary/aromatic N) is 1. The van der Waals surface area contributed by atoms with Crippen molar-refractivity contribution in [3.63, 3.8) is 0 Å². The van der Waals surface area contributed by atoms with Crippen LogP contribution in [-0.4, -0.2) is 30.1 Å². The number of benzene rings is 1. The number of halogens is 2. The number of hydrogen-bond donors (Lipinski definition) is 1. The Morgan fingerprint density at radius 2 is 2.17 bits per heavy atom. The first-order valence-electron chi connectivity index (χ1n) is 5.73. The molecule has 2 N–H and O–H groups in total. The van der Waals surface area contributed by atoms with Gasteiger partial charge in [-0.1, -0.05) is 0 Å². The maximum absolute atomic E-state index is 12.9. The number of likely N-dealkylation sites (tertiary alicyclic amines) is 1. The molecule has 0 aliphatic carbocycles. The summed E-state index contributed by atoms with van der Waals surface area (Å²) in [5, 5.41) is 0. The zero-order valence-electron chi connectivity index (χ0n) is 9.73. The standard InChI is InChI=1S/C12H14F2N2O2/c13-10-4-3-9(6-11(10)14)18-12(17)16-5-1-2-8(15)7-16/h3-4,6,8H,1-2,5,7,15H2. The van der Waals surface area contributed by atoms with Crippen LogP contribution < -0.4 is 10.5 Å². The minimum atomic E-state index is -1.05. The molecule has 0 radical (unpaired) electrons. The number of amides is 1. The summed E-state index contributed by atoms with van der Waals surface area (Å²) in [6.07, 6.45) is 1.10. The van der Waals surface area contributed by atoms with Crippen LogP contribution in [0.1, 0.15) is 12.8 Å². The second kappa shape index (κ2) is 5.30. The summed E-state index contributed by atoms with van der Waals surface area (Å²) in [4.78, 5) is 13.2. The molecule has 98 valence electrons. The van der Waals surface area contributed by atoms with Gasteiger partial charge in [0.15, 0.2) is 11.6 Å². The molecule has 1 aliphatic heterocycles. The van der Waals surface area contributed by atoms with Crippen molar-refractivity contribution in [3.8, 4) is 5.75 Å². The Kier molecular flexibility index (Phi) is 3.76. The van der Waals surface area contributed by atoms with Crippen molar-refractivity contribution in [2.24, 2.45) is 5.73 Å². The lowest BCUT2D eigenvalue weighted by Gasteiger charge is -2.29. The number of ether oxygens (including phenoxy) is 1. The lowest BCUT2D eigenvalue weighted by molar-refractivity contribution is 0.137. The van der Waals surface area contributed by atoms with Crippen LogP contribution in [0.4, 0.5) is 13.6 Å². The van der Waals surface area contributed by atoms with E-state index in [2.05, 4.69) is 0 Å².